The zero-order valence-corrected chi connectivity index (χ0v) is 19.0. The van der Waals surface area contributed by atoms with Crippen molar-refractivity contribution in [2.75, 3.05) is 0 Å². The van der Waals surface area contributed by atoms with E-state index >= 15 is 0 Å². The number of aromatic carboxylic acids is 1. The number of ether oxygens (including phenoxy) is 1. The number of pyridine rings is 1. The number of carbonyl (C=O) groups excluding carboxylic acids is 1. The number of benzene rings is 3. The molecule has 0 saturated heterocycles. The lowest BCUT2D eigenvalue weighted by Gasteiger charge is -2.08. The van der Waals surface area contributed by atoms with E-state index in [-0.39, 0.29) is 17.7 Å². The molecule has 3 aromatic carbocycles. The highest BCUT2D eigenvalue weighted by atomic mass is 127. The Morgan fingerprint density at radius 1 is 0.875 bits per heavy atom. The molecule has 7 heteroatoms. The first-order valence-electron chi connectivity index (χ1n) is 9.79. The lowest BCUT2D eigenvalue weighted by atomic mass is 10.0. The first-order valence-corrected chi connectivity index (χ1v) is 10.9. The van der Waals surface area contributed by atoms with E-state index in [0.29, 0.717) is 28.5 Å². The molecule has 0 saturated carbocycles. The summed E-state index contributed by atoms with van der Waals surface area (Å²) in [4.78, 5) is 38.8. The van der Waals surface area contributed by atoms with E-state index in [4.69, 9.17) is 9.84 Å². The molecule has 0 aliphatic carbocycles. The standard InChI is InChI=1S/C25H18INO5/c26-21-8-3-16(4-9-21)14-32-25(31)18-7-10-22-19(12-18)13-20(23(28)27-22)11-15-1-5-17(6-2-15)24(29)30/h1-10,12-13H,11,14H2,(H,27,28)(H,29,30). The highest BCUT2D eigenvalue weighted by Crippen LogP contribution is 2.17. The van der Waals surface area contributed by atoms with Crippen molar-refractivity contribution in [3.05, 3.63) is 115 Å². The Morgan fingerprint density at radius 3 is 2.22 bits per heavy atom. The van der Waals surface area contributed by atoms with Gasteiger partial charge < -0.3 is 14.8 Å². The second-order valence-electron chi connectivity index (χ2n) is 7.31. The average molecular weight is 539 g/mol. The quantitative estimate of drug-likeness (QED) is 0.272. The van der Waals surface area contributed by atoms with E-state index in [9.17, 15) is 14.4 Å². The Kier molecular flexibility index (Phi) is 6.36. The molecular formula is C25H18INO5. The summed E-state index contributed by atoms with van der Waals surface area (Å²) >= 11 is 2.21. The second-order valence-corrected chi connectivity index (χ2v) is 8.55. The molecule has 2 N–H and O–H groups in total. The van der Waals surface area contributed by atoms with Crippen LogP contribution in [0.25, 0.3) is 10.9 Å². The second kappa shape index (κ2) is 9.35. The number of carboxylic acids is 1. The molecule has 0 fully saturated rings. The summed E-state index contributed by atoms with van der Waals surface area (Å²) in [6.45, 7) is 0.178. The Morgan fingerprint density at radius 2 is 1.53 bits per heavy atom. The van der Waals surface area contributed by atoms with Crippen LogP contribution in [0.3, 0.4) is 0 Å². The molecule has 0 bridgehead atoms. The zero-order chi connectivity index (χ0) is 22.7. The number of nitrogens with one attached hydrogen (secondary N) is 1. The van der Waals surface area contributed by atoms with Crippen LogP contribution in [0.5, 0.6) is 0 Å². The van der Waals surface area contributed by atoms with E-state index in [0.717, 1.165) is 14.7 Å². The molecule has 0 aliphatic heterocycles. The molecule has 32 heavy (non-hydrogen) atoms. The van der Waals surface area contributed by atoms with Gasteiger partial charge in [-0.25, -0.2) is 9.59 Å². The number of halogens is 1. The minimum atomic E-state index is -0.999. The molecule has 4 aromatic rings. The number of aromatic nitrogens is 1. The number of hydrogen-bond acceptors (Lipinski definition) is 4. The van der Waals surface area contributed by atoms with Gasteiger partial charge in [-0.2, -0.15) is 0 Å². The fourth-order valence-electron chi connectivity index (χ4n) is 3.31. The van der Waals surface area contributed by atoms with Crippen molar-refractivity contribution in [2.45, 2.75) is 13.0 Å². The van der Waals surface area contributed by atoms with E-state index < -0.39 is 11.9 Å². The van der Waals surface area contributed by atoms with Crippen LogP contribution in [0.2, 0.25) is 0 Å². The van der Waals surface area contributed by atoms with Gasteiger partial charge in [-0.05, 0) is 87.6 Å². The predicted molar refractivity (Wildman–Crippen MR) is 129 cm³/mol. The summed E-state index contributed by atoms with van der Waals surface area (Å²) < 4.78 is 6.53. The summed E-state index contributed by atoms with van der Waals surface area (Å²) in [5.41, 5.74) is 3.21. The van der Waals surface area contributed by atoms with Gasteiger partial charge >= 0.3 is 11.9 Å². The smallest absolute Gasteiger partial charge is 0.338 e. The van der Waals surface area contributed by atoms with E-state index in [1.54, 1.807) is 36.4 Å². The molecule has 0 spiro atoms. The van der Waals surface area contributed by atoms with Gasteiger partial charge in [-0.1, -0.05) is 24.3 Å². The predicted octanol–water partition coefficient (Wildman–Crippen LogP) is 4.78. The Labute approximate surface area is 197 Å². The topological polar surface area (TPSA) is 96.5 Å². The van der Waals surface area contributed by atoms with E-state index in [1.165, 1.54) is 12.1 Å². The fraction of sp³-hybridized carbons (Fsp3) is 0.0800. The molecule has 4 rings (SSSR count). The third-order valence-electron chi connectivity index (χ3n) is 5.04. The third-order valence-corrected chi connectivity index (χ3v) is 5.75. The van der Waals surface area contributed by atoms with Crippen molar-refractivity contribution < 1.29 is 19.4 Å². The van der Waals surface area contributed by atoms with Crippen LogP contribution in [0.4, 0.5) is 0 Å². The number of H-pyrrole nitrogens is 1. The molecule has 6 nitrogen and oxygen atoms in total. The summed E-state index contributed by atoms with van der Waals surface area (Å²) in [5.74, 6) is -1.44. The first kappa shape index (κ1) is 21.8. The maximum atomic E-state index is 12.5. The molecule has 0 aliphatic rings. The van der Waals surface area contributed by atoms with Gasteiger partial charge in [0.2, 0.25) is 0 Å². The number of hydrogen-bond donors (Lipinski definition) is 2. The van der Waals surface area contributed by atoms with Crippen molar-refractivity contribution in [1.82, 2.24) is 4.98 Å². The fourth-order valence-corrected chi connectivity index (χ4v) is 3.67. The molecule has 0 unspecified atom stereocenters. The number of rotatable bonds is 6. The highest BCUT2D eigenvalue weighted by Gasteiger charge is 2.11. The number of carboxylic acid groups (broad SMARTS) is 1. The van der Waals surface area contributed by atoms with Crippen molar-refractivity contribution in [3.8, 4) is 0 Å². The van der Waals surface area contributed by atoms with Gasteiger partial charge in [-0.15, -0.1) is 0 Å². The largest absolute Gasteiger partial charge is 0.478 e. The molecule has 0 amide bonds. The third kappa shape index (κ3) is 5.05. The van der Waals surface area contributed by atoms with Crippen molar-refractivity contribution >= 4 is 45.4 Å². The van der Waals surface area contributed by atoms with Gasteiger partial charge in [0.25, 0.3) is 5.56 Å². The van der Waals surface area contributed by atoms with Crippen LogP contribution >= 0.6 is 22.6 Å². The van der Waals surface area contributed by atoms with Gasteiger partial charge in [0, 0.05) is 21.1 Å². The van der Waals surface area contributed by atoms with E-state index in [1.807, 2.05) is 24.3 Å². The molecule has 0 radical (unpaired) electrons. The maximum absolute atomic E-state index is 12.5. The van der Waals surface area contributed by atoms with Crippen LogP contribution in [0.15, 0.2) is 77.6 Å². The summed E-state index contributed by atoms with van der Waals surface area (Å²) in [5, 5.41) is 9.73. The molecule has 0 atom stereocenters. The first-order chi connectivity index (χ1) is 15.4. The molecule has 160 valence electrons. The van der Waals surface area contributed by atoms with Crippen molar-refractivity contribution in [2.24, 2.45) is 0 Å². The van der Waals surface area contributed by atoms with Gasteiger partial charge in [-0.3, -0.25) is 4.79 Å². The Balaban J connectivity index is 1.54. The van der Waals surface area contributed by atoms with Crippen LogP contribution in [-0.4, -0.2) is 22.0 Å². The number of carbonyl (C=O) groups is 2. The summed E-state index contributed by atoms with van der Waals surface area (Å²) in [6, 6.07) is 20.9. The lowest BCUT2D eigenvalue weighted by Crippen LogP contribution is -2.13. The van der Waals surface area contributed by atoms with Crippen LogP contribution in [0, 0.1) is 3.57 Å². The number of fused-ring (bicyclic) bond motifs is 1. The normalized spacial score (nSPS) is 10.8. The molecular weight excluding hydrogens is 521 g/mol. The van der Waals surface area contributed by atoms with Crippen LogP contribution < -0.4 is 5.56 Å². The van der Waals surface area contributed by atoms with Crippen molar-refractivity contribution in [3.63, 3.8) is 0 Å². The monoisotopic (exact) mass is 539 g/mol. The van der Waals surface area contributed by atoms with Gasteiger partial charge in [0.05, 0.1) is 11.1 Å². The summed E-state index contributed by atoms with van der Waals surface area (Å²) in [6.07, 6.45) is 0.340. The van der Waals surface area contributed by atoms with Crippen LogP contribution in [-0.2, 0) is 17.8 Å². The van der Waals surface area contributed by atoms with Crippen LogP contribution in [0.1, 0.15) is 37.4 Å². The number of aromatic amines is 1. The van der Waals surface area contributed by atoms with E-state index in [2.05, 4.69) is 27.6 Å². The molecule has 1 aromatic heterocycles. The summed E-state index contributed by atoms with van der Waals surface area (Å²) in [7, 11) is 0. The Hall–Kier alpha value is -3.46. The lowest BCUT2D eigenvalue weighted by molar-refractivity contribution is 0.0472. The van der Waals surface area contributed by atoms with Gasteiger partial charge in [0.1, 0.15) is 6.61 Å². The Bertz CT molecular complexity index is 1360. The average Bonchev–Trinajstić information content (AvgIpc) is 2.79. The van der Waals surface area contributed by atoms with Crippen molar-refractivity contribution in [1.29, 1.82) is 0 Å². The maximum Gasteiger partial charge on any atom is 0.338 e. The molecule has 1 heterocycles. The van der Waals surface area contributed by atoms with Gasteiger partial charge in [0.15, 0.2) is 0 Å². The highest BCUT2D eigenvalue weighted by molar-refractivity contribution is 14.1. The minimum Gasteiger partial charge on any atom is -0.478 e. The SMILES string of the molecule is O=C(O)c1ccc(Cc2cc3cc(C(=O)OCc4ccc(I)cc4)ccc3[nH]c2=O)cc1. The number of esters is 1. The zero-order valence-electron chi connectivity index (χ0n) is 16.8. The minimum absolute atomic E-state index is 0.178.